The minimum absolute atomic E-state index is 0.0491. The fraction of sp³-hybridized carbons (Fsp3) is 0.375. The van der Waals surface area contributed by atoms with Crippen molar-refractivity contribution >= 4 is 72.1 Å². The van der Waals surface area contributed by atoms with E-state index < -0.39 is 11.9 Å². The average Bonchev–Trinajstić information content (AvgIpc) is 3.50. The van der Waals surface area contributed by atoms with Crippen molar-refractivity contribution in [3.05, 3.63) is 57.4 Å². The Kier molecular flexibility index (Phi) is 10.5. The van der Waals surface area contributed by atoms with E-state index >= 15 is 0 Å². The van der Waals surface area contributed by atoms with E-state index in [1.807, 2.05) is 76.2 Å². The van der Waals surface area contributed by atoms with Gasteiger partial charge in [-0.15, -0.1) is 0 Å². The van der Waals surface area contributed by atoms with E-state index in [1.165, 1.54) is 13.8 Å². The fourth-order valence-corrected chi connectivity index (χ4v) is 9.29. The number of rotatable bonds is 11. The van der Waals surface area contributed by atoms with Gasteiger partial charge in [0.15, 0.2) is 0 Å². The molecule has 0 radical (unpaired) electrons. The molecule has 0 aliphatic carbocycles. The standard InChI is InChI=1S/C32H36N2O6Se2/c1-17(2)23(33-19(5)35)15-39-31(37)29-27(21-11-7-9-13-25(21)41-29)28-22-12-8-10-14-26(22)42-30(28)32(38)40-16-24(18(3)4)34-20(6)36/h7-14,17-18,23-24H,15-16H2,1-6H3,(H,33,35)(H,34,36)/t23-,24-/m1/s1. The van der Waals surface area contributed by atoms with Crippen LogP contribution in [0.5, 0.6) is 0 Å². The number of benzene rings is 2. The molecule has 2 heterocycles. The molecule has 42 heavy (non-hydrogen) atoms. The van der Waals surface area contributed by atoms with E-state index in [-0.39, 0.29) is 78.0 Å². The molecule has 0 fully saturated rings. The monoisotopic (exact) mass is 704 g/mol. The summed E-state index contributed by atoms with van der Waals surface area (Å²) >= 11 is -0.684. The number of carbonyl (C=O) groups excluding carboxylic acids is 4. The summed E-state index contributed by atoms with van der Waals surface area (Å²) in [7, 11) is 0. The first kappa shape index (κ1) is 31.8. The van der Waals surface area contributed by atoms with Crippen molar-refractivity contribution in [1.29, 1.82) is 0 Å². The van der Waals surface area contributed by atoms with Crippen molar-refractivity contribution in [2.75, 3.05) is 13.2 Å². The Bertz CT molecular complexity index is 1500. The van der Waals surface area contributed by atoms with Crippen molar-refractivity contribution in [1.82, 2.24) is 10.6 Å². The number of amides is 2. The zero-order valence-electron chi connectivity index (χ0n) is 24.6. The number of hydrogen-bond acceptors (Lipinski definition) is 6. The van der Waals surface area contributed by atoms with Gasteiger partial charge in [0.1, 0.15) is 0 Å². The number of ether oxygens (including phenoxy) is 2. The maximum atomic E-state index is 13.7. The SMILES string of the molecule is CC(=O)N[C@H](COC(=O)c1[se]c2ccccc2c1-c1c(C(=O)OC[C@@H](NC(C)=O)C(C)C)[se]c2ccccc12)C(C)C. The van der Waals surface area contributed by atoms with Crippen LogP contribution in [0, 0.1) is 11.8 Å². The molecule has 222 valence electrons. The van der Waals surface area contributed by atoms with Gasteiger partial charge in [-0.2, -0.15) is 0 Å². The molecule has 2 aromatic carbocycles. The van der Waals surface area contributed by atoms with Crippen LogP contribution in [0.4, 0.5) is 0 Å². The van der Waals surface area contributed by atoms with Gasteiger partial charge in [-0.05, 0) is 0 Å². The molecule has 0 spiro atoms. The van der Waals surface area contributed by atoms with E-state index in [2.05, 4.69) is 10.6 Å². The zero-order chi connectivity index (χ0) is 30.6. The van der Waals surface area contributed by atoms with Gasteiger partial charge in [-0.1, -0.05) is 0 Å². The van der Waals surface area contributed by atoms with Crippen LogP contribution in [0.3, 0.4) is 0 Å². The van der Waals surface area contributed by atoms with Crippen LogP contribution in [0.25, 0.3) is 30.4 Å². The molecule has 2 atom stereocenters. The van der Waals surface area contributed by atoms with Gasteiger partial charge in [-0.25, -0.2) is 0 Å². The first-order chi connectivity index (χ1) is 20.0. The second-order valence-corrected chi connectivity index (χ2v) is 15.3. The topological polar surface area (TPSA) is 111 Å². The van der Waals surface area contributed by atoms with E-state index in [1.54, 1.807) is 0 Å². The zero-order valence-corrected chi connectivity index (χ0v) is 28.0. The van der Waals surface area contributed by atoms with Crippen molar-refractivity contribution in [3.8, 4) is 11.1 Å². The van der Waals surface area contributed by atoms with Crippen LogP contribution < -0.4 is 10.6 Å². The van der Waals surface area contributed by atoms with Crippen LogP contribution in [0.1, 0.15) is 60.0 Å². The van der Waals surface area contributed by atoms with Crippen molar-refractivity contribution in [3.63, 3.8) is 0 Å². The third kappa shape index (κ3) is 7.24. The molecule has 0 unspecified atom stereocenters. The molecule has 4 rings (SSSR count). The second kappa shape index (κ2) is 13.9. The predicted octanol–water partition coefficient (Wildman–Crippen LogP) is 4.41. The summed E-state index contributed by atoms with van der Waals surface area (Å²) in [6, 6.07) is 15.1. The molecule has 2 N–H and O–H groups in total. The van der Waals surface area contributed by atoms with Gasteiger partial charge in [0.05, 0.1) is 0 Å². The molecule has 0 bridgehead atoms. The van der Waals surface area contributed by atoms with Crippen LogP contribution in [0.15, 0.2) is 48.5 Å². The van der Waals surface area contributed by atoms with E-state index in [4.69, 9.17) is 9.47 Å². The summed E-state index contributed by atoms with van der Waals surface area (Å²) < 4.78 is 14.8. The Morgan fingerprint density at radius 1 is 0.643 bits per heavy atom. The Labute approximate surface area is 257 Å². The number of hydrogen-bond donors (Lipinski definition) is 2. The Balaban J connectivity index is 1.78. The summed E-state index contributed by atoms with van der Waals surface area (Å²) in [6.45, 7) is 10.8. The minimum atomic E-state index is -0.445. The molecule has 2 amide bonds. The van der Waals surface area contributed by atoms with Crippen molar-refractivity contribution in [2.24, 2.45) is 11.8 Å². The molecule has 0 aliphatic rings. The van der Waals surface area contributed by atoms with Gasteiger partial charge in [0.2, 0.25) is 0 Å². The quantitative estimate of drug-likeness (QED) is 0.177. The number of esters is 2. The predicted molar refractivity (Wildman–Crippen MR) is 166 cm³/mol. The van der Waals surface area contributed by atoms with Crippen LogP contribution in [-0.2, 0) is 19.1 Å². The normalized spacial score (nSPS) is 12.9. The van der Waals surface area contributed by atoms with Gasteiger partial charge >= 0.3 is 259 Å². The average molecular weight is 703 g/mol. The molecule has 2 aromatic heterocycles. The molecule has 0 saturated heterocycles. The van der Waals surface area contributed by atoms with E-state index in [0.29, 0.717) is 8.87 Å². The molecular weight excluding hydrogens is 666 g/mol. The summed E-state index contributed by atoms with van der Waals surface area (Å²) in [5, 5.41) is 7.56. The third-order valence-electron chi connectivity index (χ3n) is 6.99. The van der Waals surface area contributed by atoms with Gasteiger partial charge < -0.3 is 0 Å². The summed E-state index contributed by atoms with van der Waals surface area (Å²) in [4.78, 5) is 50.9. The van der Waals surface area contributed by atoms with Crippen LogP contribution in [0.2, 0.25) is 0 Å². The molecule has 0 aliphatic heterocycles. The molecule has 0 saturated carbocycles. The number of nitrogens with one attached hydrogen (secondary N) is 2. The summed E-state index contributed by atoms with van der Waals surface area (Å²) in [6.07, 6.45) is 0. The first-order valence-corrected chi connectivity index (χ1v) is 17.3. The molecule has 10 heteroatoms. The maximum absolute atomic E-state index is 13.7. The number of fused-ring (bicyclic) bond motifs is 2. The Morgan fingerprint density at radius 2 is 1.00 bits per heavy atom. The van der Waals surface area contributed by atoms with Crippen molar-refractivity contribution < 1.29 is 28.7 Å². The van der Waals surface area contributed by atoms with E-state index in [9.17, 15) is 19.2 Å². The molecular formula is C32H36N2O6Se2. The third-order valence-corrected chi connectivity index (χ3v) is 11.8. The van der Waals surface area contributed by atoms with Crippen molar-refractivity contribution in [2.45, 2.75) is 53.6 Å². The molecule has 4 aromatic rings. The van der Waals surface area contributed by atoms with Crippen LogP contribution >= 0.6 is 0 Å². The summed E-state index contributed by atoms with van der Waals surface area (Å²) in [5.74, 6) is -1.11. The number of carbonyl (C=O) groups is 4. The Hall–Kier alpha value is -3.16. The second-order valence-electron chi connectivity index (χ2n) is 10.9. The fourth-order valence-electron chi connectivity index (χ4n) is 4.66. The van der Waals surface area contributed by atoms with Gasteiger partial charge in [0.25, 0.3) is 0 Å². The van der Waals surface area contributed by atoms with Gasteiger partial charge in [0, 0.05) is 0 Å². The molecule has 8 nitrogen and oxygen atoms in total. The Morgan fingerprint density at radius 3 is 1.33 bits per heavy atom. The summed E-state index contributed by atoms with van der Waals surface area (Å²) in [5.41, 5.74) is 1.44. The van der Waals surface area contributed by atoms with Gasteiger partial charge in [-0.3, -0.25) is 0 Å². The van der Waals surface area contributed by atoms with E-state index in [0.717, 1.165) is 30.4 Å². The first-order valence-electron chi connectivity index (χ1n) is 13.9. The van der Waals surface area contributed by atoms with Crippen LogP contribution in [-0.4, -0.2) is 78.1 Å².